The molecule has 0 saturated carbocycles. The molecule has 2 saturated heterocycles. The standard InChI is InChI=1S/C14H17Cl2N/c15-11-5-3-6-12(16)14(11)13-8-7-10-4-1-2-9-17(10)13/h3,5-6,10,13H,1-2,4,7-9H2. The second kappa shape index (κ2) is 4.79. The maximum absolute atomic E-state index is 6.33. The minimum atomic E-state index is 0.446. The maximum atomic E-state index is 6.33. The Bertz CT molecular complexity index is 398. The quantitative estimate of drug-likeness (QED) is 0.716. The first-order valence-electron chi connectivity index (χ1n) is 6.47. The van der Waals surface area contributed by atoms with Gasteiger partial charge in [0.15, 0.2) is 0 Å². The third-order valence-corrected chi connectivity index (χ3v) is 4.84. The summed E-state index contributed by atoms with van der Waals surface area (Å²) in [6, 6.07) is 7.05. The average molecular weight is 270 g/mol. The van der Waals surface area contributed by atoms with Gasteiger partial charge in [-0.25, -0.2) is 0 Å². The Balaban J connectivity index is 1.94. The predicted octanol–water partition coefficient (Wildman–Crippen LogP) is 4.68. The van der Waals surface area contributed by atoms with E-state index >= 15 is 0 Å². The first-order chi connectivity index (χ1) is 8.27. The molecule has 0 amide bonds. The van der Waals surface area contributed by atoms with Gasteiger partial charge in [0.25, 0.3) is 0 Å². The lowest BCUT2D eigenvalue weighted by Gasteiger charge is -2.34. The largest absolute Gasteiger partial charge is 0.293 e. The van der Waals surface area contributed by atoms with Gasteiger partial charge >= 0.3 is 0 Å². The molecule has 2 fully saturated rings. The molecule has 0 N–H and O–H groups in total. The van der Waals surface area contributed by atoms with Crippen molar-refractivity contribution in [1.29, 1.82) is 0 Å². The Morgan fingerprint density at radius 2 is 1.76 bits per heavy atom. The molecule has 2 atom stereocenters. The average Bonchev–Trinajstić information content (AvgIpc) is 2.73. The topological polar surface area (TPSA) is 3.24 Å². The fourth-order valence-corrected chi connectivity index (χ4v) is 4.05. The van der Waals surface area contributed by atoms with E-state index in [4.69, 9.17) is 23.2 Å². The zero-order valence-corrected chi connectivity index (χ0v) is 11.3. The van der Waals surface area contributed by atoms with Crippen molar-refractivity contribution in [3.8, 4) is 0 Å². The van der Waals surface area contributed by atoms with Crippen molar-refractivity contribution in [1.82, 2.24) is 4.90 Å². The van der Waals surface area contributed by atoms with Crippen molar-refractivity contribution < 1.29 is 0 Å². The lowest BCUT2D eigenvalue weighted by molar-refractivity contribution is 0.150. The minimum absolute atomic E-state index is 0.446. The van der Waals surface area contributed by atoms with Crippen molar-refractivity contribution in [2.24, 2.45) is 0 Å². The number of piperidine rings is 1. The summed E-state index contributed by atoms with van der Waals surface area (Å²) in [5.74, 6) is 0. The third-order valence-electron chi connectivity index (χ3n) is 4.18. The van der Waals surface area contributed by atoms with Crippen molar-refractivity contribution >= 4 is 23.2 Å². The van der Waals surface area contributed by atoms with Gasteiger partial charge in [-0.15, -0.1) is 0 Å². The molecule has 2 aliphatic heterocycles. The van der Waals surface area contributed by atoms with E-state index in [1.165, 1.54) is 38.6 Å². The van der Waals surface area contributed by atoms with E-state index in [2.05, 4.69) is 4.90 Å². The van der Waals surface area contributed by atoms with Crippen LogP contribution in [-0.4, -0.2) is 17.5 Å². The summed E-state index contributed by atoms with van der Waals surface area (Å²) in [4.78, 5) is 2.62. The van der Waals surface area contributed by atoms with Crippen LogP contribution in [0.4, 0.5) is 0 Å². The summed E-state index contributed by atoms with van der Waals surface area (Å²) < 4.78 is 0. The zero-order chi connectivity index (χ0) is 11.8. The molecule has 0 aliphatic carbocycles. The Morgan fingerprint density at radius 3 is 2.53 bits per heavy atom. The Morgan fingerprint density at radius 1 is 1.00 bits per heavy atom. The van der Waals surface area contributed by atoms with Gasteiger partial charge in [-0.1, -0.05) is 35.7 Å². The van der Waals surface area contributed by atoms with Crippen LogP contribution >= 0.6 is 23.2 Å². The molecule has 1 nitrogen and oxygen atoms in total. The molecule has 0 aromatic heterocycles. The number of hydrogen-bond donors (Lipinski definition) is 0. The van der Waals surface area contributed by atoms with E-state index in [-0.39, 0.29) is 0 Å². The molecule has 3 heteroatoms. The molecular weight excluding hydrogens is 253 g/mol. The highest BCUT2D eigenvalue weighted by molar-refractivity contribution is 6.36. The van der Waals surface area contributed by atoms with Gasteiger partial charge in [-0.05, 0) is 44.4 Å². The van der Waals surface area contributed by atoms with E-state index in [1.807, 2.05) is 18.2 Å². The molecule has 3 rings (SSSR count). The smallest absolute Gasteiger partial charge is 0.0468 e. The Kier molecular flexibility index (Phi) is 3.34. The number of fused-ring (bicyclic) bond motifs is 1. The van der Waals surface area contributed by atoms with Gasteiger partial charge in [0.05, 0.1) is 0 Å². The summed E-state index contributed by atoms with van der Waals surface area (Å²) in [5.41, 5.74) is 1.15. The highest BCUT2D eigenvalue weighted by Crippen LogP contribution is 2.44. The molecule has 0 radical (unpaired) electrons. The molecule has 1 aromatic carbocycles. The normalized spacial score (nSPS) is 29.3. The first kappa shape index (κ1) is 11.8. The van der Waals surface area contributed by atoms with Crippen LogP contribution in [0.1, 0.15) is 43.7 Å². The van der Waals surface area contributed by atoms with Crippen LogP contribution in [0.3, 0.4) is 0 Å². The van der Waals surface area contributed by atoms with Crippen molar-refractivity contribution in [2.45, 2.75) is 44.2 Å². The van der Waals surface area contributed by atoms with E-state index in [1.54, 1.807) is 0 Å². The van der Waals surface area contributed by atoms with Crippen molar-refractivity contribution in [3.05, 3.63) is 33.8 Å². The molecule has 1 aromatic rings. The van der Waals surface area contributed by atoms with Gasteiger partial charge in [0, 0.05) is 27.7 Å². The van der Waals surface area contributed by atoms with E-state index in [0.717, 1.165) is 21.7 Å². The van der Waals surface area contributed by atoms with Crippen LogP contribution < -0.4 is 0 Å². The van der Waals surface area contributed by atoms with Crippen molar-refractivity contribution in [3.63, 3.8) is 0 Å². The molecule has 2 heterocycles. The van der Waals surface area contributed by atoms with Gasteiger partial charge in [0.2, 0.25) is 0 Å². The van der Waals surface area contributed by atoms with Gasteiger partial charge in [0.1, 0.15) is 0 Å². The number of benzene rings is 1. The second-order valence-electron chi connectivity index (χ2n) is 5.12. The number of rotatable bonds is 1. The van der Waals surface area contributed by atoms with Gasteiger partial charge < -0.3 is 0 Å². The number of hydrogen-bond acceptors (Lipinski definition) is 1. The van der Waals surface area contributed by atoms with E-state index in [9.17, 15) is 0 Å². The van der Waals surface area contributed by atoms with E-state index < -0.39 is 0 Å². The first-order valence-corrected chi connectivity index (χ1v) is 7.22. The highest BCUT2D eigenvalue weighted by Gasteiger charge is 2.37. The molecule has 2 unspecified atom stereocenters. The third kappa shape index (κ3) is 2.09. The summed E-state index contributed by atoms with van der Waals surface area (Å²) in [6.07, 6.45) is 6.54. The second-order valence-corrected chi connectivity index (χ2v) is 5.93. The van der Waals surface area contributed by atoms with Crippen LogP contribution in [0, 0.1) is 0 Å². The fourth-order valence-electron chi connectivity index (χ4n) is 3.40. The van der Waals surface area contributed by atoms with Gasteiger partial charge in [-0.2, -0.15) is 0 Å². The SMILES string of the molecule is Clc1cccc(Cl)c1C1CCC2CCCCN21. The summed E-state index contributed by atoms with van der Waals surface area (Å²) >= 11 is 12.7. The summed E-state index contributed by atoms with van der Waals surface area (Å²) in [6.45, 7) is 1.21. The zero-order valence-electron chi connectivity index (χ0n) is 9.83. The fraction of sp³-hybridized carbons (Fsp3) is 0.571. The Hall–Kier alpha value is -0.240. The van der Waals surface area contributed by atoms with Crippen LogP contribution in [0.15, 0.2) is 18.2 Å². The summed E-state index contributed by atoms with van der Waals surface area (Å²) in [5, 5.41) is 1.66. The predicted molar refractivity (Wildman–Crippen MR) is 72.8 cm³/mol. The van der Waals surface area contributed by atoms with Gasteiger partial charge in [-0.3, -0.25) is 4.90 Å². The van der Waals surface area contributed by atoms with E-state index in [0.29, 0.717) is 6.04 Å². The number of nitrogens with zero attached hydrogens (tertiary/aromatic N) is 1. The molecule has 17 heavy (non-hydrogen) atoms. The lowest BCUT2D eigenvalue weighted by Crippen LogP contribution is -2.36. The van der Waals surface area contributed by atoms with Crippen LogP contribution in [0.5, 0.6) is 0 Å². The summed E-state index contributed by atoms with van der Waals surface area (Å²) in [7, 11) is 0. The molecule has 0 spiro atoms. The lowest BCUT2D eigenvalue weighted by atomic mass is 10.0. The number of halogens is 2. The Labute approximate surface area is 113 Å². The molecule has 92 valence electrons. The minimum Gasteiger partial charge on any atom is -0.293 e. The van der Waals surface area contributed by atoms with Crippen LogP contribution in [-0.2, 0) is 0 Å². The molecule has 0 bridgehead atoms. The highest BCUT2D eigenvalue weighted by atomic mass is 35.5. The molecular formula is C14H17Cl2N. The molecule has 2 aliphatic rings. The monoisotopic (exact) mass is 269 g/mol. The van der Waals surface area contributed by atoms with Crippen LogP contribution in [0.25, 0.3) is 0 Å². The van der Waals surface area contributed by atoms with Crippen molar-refractivity contribution in [2.75, 3.05) is 6.54 Å². The van der Waals surface area contributed by atoms with Crippen LogP contribution in [0.2, 0.25) is 10.0 Å². The maximum Gasteiger partial charge on any atom is 0.0468 e.